The predicted octanol–water partition coefficient (Wildman–Crippen LogP) is 11.0. The molecule has 442 valence electrons. The third-order valence-corrected chi connectivity index (χ3v) is 15.9. The van der Waals surface area contributed by atoms with Gasteiger partial charge in [0.25, 0.3) is 11.8 Å². The van der Waals surface area contributed by atoms with Gasteiger partial charge in [0, 0.05) is 37.1 Å². The molecule has 9 aromatic rings. The first-order valence-corrected chi connectivity index (χ1v) is 29.4. The summed E-state index contributed by atoms with van der Waals surface area (Å²) in [5.74, 6) is -3.19. The minimum atomic E-state index is -1.24. The maximum Gasteiger partial charge on any atom is 0.331 e. The quantitative estimate of drug-likeness (QED) is 0.0623. The van der Waals surface area contributed by atoms with E-state index >= 15 is 0 Å². The van der Waals surface area contributed by atoms with Crippen molar-refractivity contribution in [1.82, 2.24) is 20.4 Å². The lowest BCUT2D eigenvalue weighted by atomic mass is 9.92. The fourth-order valence-electron chi connectivity index (χ4n) is 11.0. The first-order chi connectivity index (χ1) is 43.1. The van der Waals surface area contributed by atoms with Gasteiger partial charge >= 0.3 is 11.9 Å². The number of hydrogen-bond donors (Lipinski definition) is 2. The molecular weight excluding hydrogens is 1100 g/mol. The molecule has 0 aromatic heterocycles. The Kier molecular flexibility index (Phi) is 19.4. The van der Waals surface area contributed by atoms with E-state index < -0.39 is 47.9 Å². The number of esters is 2. The van der Waals surface area contributed by atoms with Gasteiger partial charge in [0.05, 0.1) is 26.4 Å². The Morgan fingerprint density at radius 2 is 0.659 bits per heavy atom. The van der Waals surface area contributed by atoms with Crippen LogP contribution in [-0.2, 0) is 90.5 Å². The van der Waals surface area contributed by atoms with Crippen molar-refractivity contribution in [1.29, 1.82) is 0 Å². The van der Waals surface area contributed by atoms with Gasteiger partial charge in [0.15, 0.2) is 12.1 Å². The molecule has 0 radical (unpaired) electrons. The van der Waals surface area contributed by atoms with E-state index in [1.807, 2.05) is 194 Å². The molecule has 0 fully saturated rings. The Bertz CT molecular complexity index is 3600. The van der Waals surface area contributed by atoms with Crippen LogP contribution in [0.1, 0.15) is 65.2 Å². The highest BCUT2D eigenvalue weighted by Crippen LogP contribution is 2.29. The van der Waals surface area contributed by atoms with E-state index in [9.17, 15) is 28.8 Å². The molecule has 11 rings (SSSR count). The van der Waals surface area contributed by atoms with Crippen molar-refractivity contribution in [2.45, 2.75) is 76.5 Å². The number of carbonyl (C=O) groups is 6. The van der Waals surface area contributed by atoms with Crippen LogP contribution in [0.5, 0.6) is 0 Å². The maximum absolute atomic E-state index is 14.6. The smallest absolute Gasteiger partial charge is 0.331 e. The Morgan fingerprint density at radius 3 is 1.02 bits per heavy atom. The summed E-state index contributed by atoms with van der Waals surface area (Å²) < 4.78 is 23.8. The maximum atomic E-state index is 14.6. The van der Waals surface area contributed by atoms with E-state index in [0.29, 0.717) is 22.3 Å². The fourth-order valence-corrected chi connectivity index (χ4v) is 11.0. The van der Waals surface area contributed by atoms with Gasteiger partial charge in [-0.25, -0.2) is 9.59 Å². The predicted molar refractivity (Wildman–Crippen MR) is 333 cm³/mol. The molecule has 0 bridgehead atoms. The van der Waals surface area contributed by atoms with E-state index in [-0.39, 0.29) is 77.4 Å². The number of nitrogens with one attached hydrogen (secondary N) is 2. The van der Waals surface area contributed by atoms with Crippen LogP contribution in [0, 0.1) is 0 Å². The van der Waals surface area contributed by atoms with Gasteiger partial charge in [-0.1, -0.05) is 218 Å². The number of nitrogens with zero attached hydrogens (tertiary/aromatic N) is 2. The summed E-state index contributed by atoms with van der Waals surface area (Å²) in [4.78, 5) is 89.3. The fraction of sp³-hybridized carbons (Fsp3) is 0.189. The van der Waals surface area contributed by atoms with Gasteiger partial charge < -0.3 is 39.4 Å². The van der Waals surface area contributed by atoms with Gasteiger partial charge in [0.1, 0.15) is 25.3 Å². The lowest BCUT2D eigenvalue weighted by Gasteiger charge is -2.36. The lowest BCUT2D eigenvalue weighted by Crippen LogP contribution is -2.56. The normalized spacial score (nSPS) is 14.9. The Balaban J connectivity index is 0.745. The molecule has 4 amide bonds. The van der Waals surface area contributed by atoms with Crippen molar-refractivity contribution >= 4 is 35.6 Å². The lowest BCUT2D eigenvalue weighted by molar-refractivity contribution is -0.152. The molecule has 2 N–H and O–H groups in total. The van der Waals surface area contributed by atoms with Gasteiger partial charge in [-0.3, -0.25) is 19.2 Å². The highest BCUT2D eigenvalue weighted by Gasteiger charge is 2.39. The SMILES string of the molecule is O=C(OCc1ccc(COC(=O)[C@H](COCc2ccccc2)NC(=O)C2Cc3ccccc3CN2C(=O)c2ccc(-c3ccccc3)cc2)cc1)C(COCc1ccccc1)NC(=O)C1Cc2ccccc2CN1C(=O)c1ccc(-c2ccccc2)cc1. The van der Waals surface area contributed by atoms with Crippen LogP contribution < -0.4 is 10.6 Å². The van der Waals surface area contributed by atoms with Gasteiger partial charge in [-0.05, 0) is 91.0 Å². The second kappa shape index (κ2) is 28.7. The summed E-state index contributed by atoms with van der Waals surface area (Å²) in [5, 5.41) is 5.79. The molecule has 0 aliphatic carbocycles. The summed E-state index contributed by atoms with van der Waals surface area (Å²) in [7, 11) is 0. The molecule has 0 saturated heterocycles. The molecule has 0 saturated carbocycles. The van der Waals surface area contributed by atoms with Crippen LogP contribution in [0.15, 0.2) is 243 Å². The van der Waals surface area contributed by atoms with Crippen molar-refractivity contribution in [3.8, 4) is 22.3 Å². The first-order valence-electron chi connectivity index (χ1n) is 29.4. The zero-order chi connectivity index (χ0) is 60.6. The van der Waals surface area contributed by atoms with Crippen molar-refractivity contribution in [2.75, 3.05) is 13.2 Å². The molecule has 3 unspecified atom stereocenters. The van der Waals surface area contributed by atoms with E-state index in [4.69, 9.17) is 18.9 Å². The van der Waals surface area contributed by atoms with Crippen molar-refractivity contribution in [2.24, 2.45) is 0 Å². The van der Waals surface area contributed by atoms with Crippen LogP contribution in [-0.4, -0.2) is 82.7 Å². The molecular formula is C74H66N4O10. The topological polar surface area (TPSA) is 170 Å². The third-order valence-electron chi connectivity index (χ3n) is 15.9. The van der Waals surface area contributed by atoms with Crippen LogP contribution in [0.3, 0.4) is 0 Å². The average Bonchev–Trinajstić information content (AvgIpc) is 1.74. The summed E-state index contributed by atoms with van der Waals surface area (Å²) in [6, 6.07) is 71.2. The Labute approximate surface area is 511 Å². The summed E-state index contributed by atoms with van der Waals surface area (Å²) in [6.07, 6.45) is 0.453. The monoisotopic (exact) mass is 1170 g/mol. The summed E-state index contributed by atoms with van der Waals surface area (Å²) in [6.45, 7) is -0.0432. The first kappa shape index (κ1) is 59.5. The standard InChI is InChI=1S/C74H66N4O10/c79-69(67-41-61-25-13-15-27-63(61)43-77(67)71(81)59-37-33-57(34-38-59)55-21-9-3-10-22-55)75-65(49-85-45-51-17-5-1-6-18-51)73(83)87-47-53-29-31-54(32-30-53)48-88-74(84)66(50-86-46-52-19-7-2-8-20-52)76-70(80)68-42-62-26-14-16-28-64(62)44-78(68)72(82)60-39-35-58(36-40-60)56-23-11-4-12-24-56/h1-40,65-68H,41-50H2,(H,75,79)(H,76,80)/t65-,66?,67?,68?/m0/s1. The molecule has 9 aromatic carbocycles. The van der Waals surface area contributed by atoms with Crippen LogP contribution in [0.25, 0.3) is 22.3 Å². The molecule has 14 nitrogen and oxygen atoms in total. The Hall–Kier alpha value is -10.3. The molecule has 4 atom stereocenters. The number of ether oxygens (including phenoxy) is 4. The van der Waals surface area contributed by atoms with Gasteiger partial charge in [0.2, 0.25) is 11.8 Å². The van der Waals surface area contributed by atoms with E-state index in [1.54, 1.807) is 58.3 Å². The van der Waals surface area contributed by atoms with Crippen LogP contribution in [0.4, 0.5) is 0 Å². The molecule has 2 aliphatic rings. The second-order valence-corrected chi connectivity index (χ2v) is 21.9. The van der Waals surface area contributed by atoms with E-state index in [1.165, 1.54) is 0 Å². The van der Waals surface area contributed by atoms with E-state index in [0.717, 1.165) is 55.6 Å². The number of hydrogen-bond acceptors (Lipinski definition) is 10. The van der Waals surface area contributed by atoms with Crippen molar-refractivity contribution < 1.29 is 47.7 Å². The zero-order valence-corrected chi connectivity index (χ0v) is 48.5. The zero-order valence-electron chi connectivity index (χ0n) is 48.5. The van der Waals surface area contributed by atoms with Crippen LogP contribution in [0.2, 0.25) is 0 Å². The molecule has 0 spiro atoms. The number of carbonyl (C=O) groups excluding carboxylic acids is 6. The second-order valence-electron chi connectivity index (χ2n) is 21.9. The molecule has 88 heavy (non-hydrogen) atoms. The summed E-state index contributed by atoms with van der Waals surface area (Å²) >= 11 is 0. The third kappa shape index (κ3) is 15.0. The number of rotatable bonds is 22. The highest BCUT2D eigenvalue weighted by molar-refractivity contribution is 6.00. The largest absolute Gasteiger partial charge is 0.459 e. The number of fused-ring (bicyclic) bond motifs is 2. The average molecular weight is 1170 g/mol. The molecule has 2 aliphatic heterocycles. The molecule has 2 heterocycles. The highest BCUT2D eigenvalue weighted by atomic mass is 16.5. The van der Waals surface area contributed by atoms with Gasteiger partial charge in [-0.2, -0.15) is 0 Å². The minimum Gasteiger partial charge on any atom is -0.459 e. The van der Waals surface area contributed by atoms with Gasteiger partial charge in [-0.15, -0.1) is 0 Å². The summed E-state index contributed by atoms with van der Waals surface area (Å²) in [5.41, 5.74) is 11.4. The minimum absolute atomic E-state index is 0.165. The number of amides is 4. The van der Waals surface area contributed by atoms with Crippen LogP contribution >= 0.6 is 0 Å². The Morgan fingerprint density at radius 1 is 0.352 bits per heavy atom. The van der Waals surface area contributed by atoms with E-state index in [2.05, 4.69) is 10.6 Å². The molecule has 14 heteroatoms. The van der Waals surface area contributed by atoms with Crippen molar-refractivity contribution in [3.63, 3.8) is 0 Å². The number of benzene rings is 9. The van der Waals surface area contributed by atoms with Crippen molar-refractivity contribution in [3.05, 3.63) is 298 Å².